The smallest absolute Gasteiger partial charge is 0.331 e. The number of amides is 2. The Labute approximate surface area is 138 Å². The third kappa shape index (κ3) is 3.33. The van der Waals surface area contributed by atoms with Crippen LogP contribution in [0.15, 0.2) is 30.3 Å². The number of nitrogens with zero attached hydrogens (tertiary/aromatic N) is 2. The molecule has 2 atom stereocenters. The Hall–Kier alpha value is -2.04. The molecule has 23 heavy (non-hydrogen) atoms. The van der Waals surface area contributed by atoms with Crippen LogP contribution in [0.2, 0.25) is 0 Å². The molecule has 1 aliphatic rings. The molecule has 0 saturated carbocycles. The van der Waals surface area contributed by atoms with Gasteiger partial charge in [-0.2, -0.15) is 0 Å². The number of rotatable bonds is 6. The lowest BCUT2D eigenvalue weighted by atomic mass is 9.98. The summed E-state index contributed by atoms with van der Waals surface area (Å²) in [6.07, 6.45) is 0.844. The number of urea groups is 1. The summed E-state index contributed by atoms with van der Waals surface area (Å²) in [4.78, 5) is 28.9. The predicted octanol–water partition coefficient (Wildman–Crippen LogP) is 3.22. The Kier molecular flexibility index (Phi) is 5.64. The van der Waals surface area contributed by atoms with Crippen molar-refractivity contribution in [2.24, 2.45) is 0 Å². The van der Waals surface area contributed by atoms with Crippen molar-refractivity contribution >= 4 is 12.0 Å². The molecule has 1 saturated heterocycles. The minimum Gasteiger partial charge on any atom is -0.464 e. The lowest BCUT2D eigenvalue weighted by Gasteiger charge is -2.28. The molecular weight excluding hydrogens is 292 g/mol. The van der Waals surface area contributed by atoms with Gasteiger partial charge < -0.3 is 14.5 Å². The lowest BCUT2D eigenvalue weighted by Crippen LogP contribution is -2.45. The number of hydrogen-bond donors (Lipinski definition) is 0. The first kappa shape index (κ1) is 17.3. The van der Waals surface area contributed by atoms with Crippen molar-refractivity contribution in [2.45, 2.75) is 52.2 Å². The largest absolute Gasteiger partial charge is 0.464 e. The number of carbonyl (C=O) groups excluding carboxylic acids is 2. The van der Waals surface area contributed by atoms with Gasteiger partial charge in [0, 0.05) is 12.6 Å². The highest BCUT2D eigenvalue weighted by Gasteiger charge is 2.51. The summed E-state index contributed by atoms with van der Waals surface area (Å²) in [5, 5.41) is 0. The molecule has 126 valence electrons. The zero-order valence-electron chi connectivity index (χ0n) is 14.4. The van der Waals surface area contributed by atoms with Gasteiger partial charge in [-0.3, -0.25) is 0 Å². The number of ether oxygens (including phenoxy) is 1. The van der Waals surface area contributed by atoms with E-state index in [0.717, 1.165) is 12.0 Å². The molecule has 1 fully saturated rings. The van der Waals surface area contributed by atoms with Crippen molar-refractivity contribution in [3.05, 3.63) is 35.9 Å². The first-order valence-electron chi connectivity index (χ1n) is 8.33. The highest BCUT2D eigenvalue weighted by atomic mass is 16.5. The van der Waals surface area contributed by atoms with Crippen LogP contribution in [0.4, 0.5) is 4.79 Å². The van der Waals surface area contributed by atoms with E-state index in [2.05, 4.69) is 0 Å². The fourth-order valence-corrected chi connectivity index (χ4v) is 3.21. The monoisotopic (exact) mass is 318 g/mol. The topological polar surface area (TPSA) is 49.9 Å². The van der Waals surface area contributed by atoms with Gasteiger partial charge in [-0.15, -0.1) is 0 Å². The minimum atomic E-state index is -0.601. The van der Waals surface area contributed by atoms with Gasteiger partial charge in [-0.05, 0) is 32.8 Å². The zero-order valence-corrected chi connectivity index (χ0v) is 14.4. The standard InChI is InChI=1S/C18H26N2O3/c1-5-12-19-15(14-10-8-7-9-11-14)16(17(21)23-6-2)20(13(3)4)18(19)22/h7-11,13,15-16H,5-6,12H2,1-4H3/t15-,16+/m1/s1. The van der Waals surface area contributed by atoms with E-state index in [9.17, 15) is 9.59 Å². The van der Waals surface area contributed by atoms with Gasteiger partial charge in [-0.25, -0.2) is 9.59 Å². The van der Waals surface area contributed by atoms with Crippen LogP contribution in [0.1, 0.15) is 45.7 Å². The van der Waals surface area contributed by atoms with E-state index in [4.69, 9.17) is 4.74 Å². The van der Waals surface area contributed by atoms with Crippen LogP contribution in [0.25, 0.3) is 0 Å². The molecule has 5 nitrogen and oxygen atoms in total. The lowest BCUT2D eigenvalue weighted by molar-refractivity contribution is -0.149. The van der Waals surface area contributed by atoms with Gasteiger partial charge >= 0.3 is 12.0 Å². The summed E-state index contributed by atoms with van der Waals surface area (Å²) in [5.74, 6) is -0.331. The molecule has 0 aromatic heterocycles. The predicted molar refractivity (Wildman–Crippen MR) is 89.0 cm³/mol. The van der Waals surface area contributed by atoms with Crippen molar-refractivity contribution in [2.75, 3.05) is 13.2 Å². The molecule has 1 heterocycles. The van der Waals surface area contributed by atoms with E-state index in [1.807, 2.05) is 51.1 Å². The quantitative estimate of drug-likeness (QED) is 0.757. The molecule has 2 rings (SSSR count). The second-order valence-electron chi connectivity index (χ2n) is 6.03. The van der Waals surface area contributed by atoms with E-state index >= 15 is 0 Å². The molecule has 5 heteroatoms. The average molecular weight is 318 g/mol. The fraction of sp³-hybridized carbons (Fsp3) is 0.556. The van der Waals surface area contributed by atoms with Gasteiger partial charge in [0.25, 0.3) is 0 Å². The highest BCUT2D eigenvalue weighted by Crippen LogP contribution is 2.37. The Morgan fingerprint density at radius 1 is 1.22 bits per heavy atom. The minimum absolute atomic E-state index is 0.0648. The van der Waals surface area contributed by atoms with Gasteiger partial charge in [0.2, 0.25) is 0 Å². The number of esters is 1. The highest BCUT2D eigenvalue weighted by molar-refractivity contribution is 5.89. The van der Waals surface area contributed by atoms with Crippen LogP contribution in [-0.4, -0.2) is 47.0 Å². The molecule has 0 spiro atoms. The van der Waals surface area contributed by atoms with Crippen LogP contribution in [0.3, 0.4) is 0 Å². The van der Waals surface area contributed by atoms with E-state index in [0.29, 0.717) is 13.2 Å². The molecule has 0 radical (unpaired) electrons. The molecule has 2 amide bonds. The van der Waals surface area contributed by atoms with E-state index < -0.39 is 6.04 Å². The molecule has 0 unspecified atom stereocenters. The Balaban J connectivity index is 2.49. The van der Waals surface area contributed by atoms with Crippen molar-refractivity contribution in [3.8, 4) is 0 Å². The van der Waals surface area contributed by atoms with E-state index in [-0.39, 0.29) is 24.1 Å². The molecule has 1 aromatic carbocycles. The maximum Gasteiger partial charge on any atom is 0.331 e. The number of carbonyl (C=O) groups is 2. The zero-order chi connectivity index (χ0) is 17.0. The van der Waals surface area contributed by atoms with Gasteiger partial charge in [0.05, 0.1) is 12.6 Å². The summed E-state index contributed by atoms with van der Waals surface area (Å²) in [5.41, 5.74) is 0.968. The first-order chi connectivity index (χ1) is 11.0. The second kappa shape index (κ2) is 7.49. The van der Waals surface area contributed by atoms with Crippen molar-refractivity contribution < 1.29 is 14.3 Å². The molecular formula is C18H26N2O3. The maximum atomic E-state index is 12.9. The van der Waals surface area contributed by atoms with Crippen molar-refractivity contribution in [1.82, 2.24) is 9.80 Å². The maximum absolute atomic E-state index is 12.9. The van der Waals surface area contributed by atoms with Crippen molar-refractivity contribution in [1.29, 1.82) is 0 Å². The summed E-state index contributed by atoms with van der Waals surface area (Å²) >= 11 is 0. The average Bonchev–Trinajstić information content (AvgIpc) is 2.82. The van der Waals surface area contributed by atoms with Crippen LogP contribution in [0.5, 0.6) is 0 Å². The van der Waals surface area contributed by atoms with E-state index in [1.165, 1.54) is 0 Å². The van der Waals surface area contributed by atoms with Crippen LogP contribution in [-0.2, 0) is 9.53 Å². The summed E-state index contributed by atoms with van der Waals surface area (Å²) in [7, 11) is 0. The summed E-state index contributed by atoms with van der Waals surface area (Å²) in [6, 6.07) is 8.69. The Bertz CT molecular complexity index is 544. The molecule has 1 aromatic rings. The van der Waals surface area contributed by atoms with Crippen LogP contribution < -0.4 is 0 Å². The number of hydrogen-bond acceptors (Lipinski definition) is 3. The second-order valence-corrected chi connectivity index (χ2v) is 6.03. The molecule has 0 aliphatic carbocycles. The molecule has 1 aliphatic heterocycles. The Morgan fingerprint density at radius 2 is 1.87 bits per heavy atom. The van der Waals surface area contributed by atoms with Crippen molar-refractivity contribution in [3.63, 3.8) is 0 Å². The fourth-order valence-electron chi connectivity index (χ4n) is 3.21. The molecule has 0 bridgehead atoms. The normalized spacial score (nSPS) is 21.2. The molecule has 0 N–H and O–H groups in total. The summed E-state index contributed by atoms with van der Waals surface area (Å²) in [6.45, 7) is 8.62. The Morgan fingerprint density at radius 3 is 2.39 bits per heavy atom. The third-order valence-corrected chi connectivity index (χ3v) is 4.09. The first-order valence-corrected chi connectivity index (χ1v) is 8.33. The van der Waals surface area contributed by atoms with Gasteiger partial charge in [0.1, 0.15) is 0 Å². The van der Waals surface area contributed by atoms with Gasteiger partial charge in [-0.1, -0.05) is 37.3 Å². The van der Waals surface area contributed by atoms with Crippen LogP contribution >= 0.6 is 0 Å². The SMILES string of the molecule is CCCN1C(=O)N(C(C)C)[C@H](C(=O)OCC)[C@H]1c1ccccc1. The van der Waals surface area contributed by atoms with Gasteiger partial charge in [0.15, 0.2) is 6.04 Å². The van der Waals surface area contributed by atoms with E-state index in [1.54, 1.807) is 16.7 Å². The number of benzene rings is 1. The third-order valence-electron chi connectivity index (χ3n) is 4.09. The summed E-state index contributed by atoms with van der Waals surface area (Å²) < 4.78 is 5.27. The van der Waals surface area contributed by atoms with Crippen LogP contribution in [0, 0.1) is 0 Å².